The summed E-state index contributed by atoms with van der Waals surface area (Å²) < 4.78 is 7.54. The number of nitrogens with one attached hydrogen (secondary N) is 2. The van der Waals surface area contributed by atoms with Crippen LogP contribution in [0.2, 0.25) is 10.2 Å². The van der Waals surface area contributed by atoms with Gasteiger partial charge in [-0.05, 0) is 43.0 Å². The van der Waals surface area contributed by atoms with Crippen LogP contribution in [0.4, 0.5) is 17.1 Å². The van der Waals surface area contributed by atoms with Gasteiger partial charge in [-0.1, -0.05) is 23.2 Å². The molecule has 3 aromatic rings. The van der Waals surface area contributed by atoms with E-state index in [1.54, 1.807) is 23.9 Å². The van der Waals surface area contributed by atoms with E-state index in [4.69, 9.17) is 27.9 Å². The number of nitrogens with zero attached hydrogens (tertiary/aromatic N) is 2. The molecule has 0 bridgehead atoms. The first-order valence-electron chi connectivity index (χ1n) is 9.66. The van der Waals surface area contributed by atoms with Gasteiger partial charge in [0.2, 0.25) is 5.75 Å². The van der Waals surface area contributed by atoms with Gasteiger partial charge >= 0.3 is 0 Å². The van der Waals surface area contributed by atoms with Crippen LogP contribution >= 0.6 is 23.2 Å². The number of aromatic nitrogens is 2. The summed E-state index contributed by atoms with van der Waals surface area (Å²) in [4.78, 5) is 16.9. The predicted molar refractivity (Wildman–Crippen MR) is 117 cm³/mol. The Labute approximate surface area is 177 Å². The van der Waals surface area contributed by atoms with E-state index in [-0.39, 0.29) is 10.7 Å². The monoisotopic (exact) mass is 430 g/mol. The minimum Gasteiger partial charge on any atom is -0.486 e. The second-order valence-electron chi connectivity index (χ2n) is 7.61. The molecule has 0 saturated heterocycles. The molecule has 2 N–H and O–H groups in total. The van der Waals surface area contributed by atoms with Gasteiger partial charge in [-0.3, -0.25) is 4.79 Å². The van der Waals surface area contributed by atoms with Gasteiger partial charge in [0.15, 0.2) is 0 Å². The van der Waals surface area contributed by atoms with Crippen LogP contribution in [-0.2, 0) is 7.05 Å². The zero-order valence-electron chi connectivity index (χ0n) is 15.8. The van der Waals surface area contributed by atoms with E-state index >= 15 is 0 Å². The number of hydrogen-bond donors (Lipinski definition) is 2. The molecule has 6 nitrogen and oxygen atoms in total. The van der Waals surface area contributed by atoms with E-state index in [2.05, 4.69) is 15.6 Å². The molecule has 5 rings (SSSR count). The molecule has 1 unspecified atom stereocenters. The molecule has 1 fully saturated rings. The quantitative estimate of drug-likeness (QED) is 0.574. The van der Waals surface area contributed by atoms with Crippen LogP contribution in [-0.4, -0.2) is 22.2 Å². The van der Waals surface area contributed by atoms with Gasteiger partial charge in [-0.2, -0.15) is 0 Å². The number of anilines is 3. The Kier molecular flexibility index (Phi) is 4.56. The highest BCUT2D eigenvalue weighted by atomic mass is 35.5. The fourth-order valence-corrected chi connectivity index (χ4v) is 4.26. The largest absolute Gasteiger partial charge is 0.486 e. The summed E-state index contributed by atoms with van der Waals surface area (Å²) in [7, 11) is 1.77. The molecule has 0 spiro atoms. The number of fused-ring (bicyclic) bond motifs is 3. The van der Waals surface area contributed by atoms with E-state index in [0.29, 0.717) is 35.0 Å². The van der Waals surface area contributed by atoms with Crippen LogP contribution in [0.5, 0.6) is 5.75 Å². The number of hydrogen-bond acceptors (Lipinski definition) is 5. The van der Waals surface area contributed by atoms with Gasteiger partial charge < -0.3 is 19.9 Å². The van der Waals surface area contributed by atoms with Crippen molar-refractivity contribution in [2.24, 2.45) is 13.0 Å². The second kappa shape index (κ2) is 7.11. The maximum absolute atomic E-state index is 12.9. The average molecular weight is 431 g/mol. The molecule has 8 heteroatoms. The minimum atomic E-state index is -0.124. The lowest BCUT2D eigenvalue weighted by Gasteiger charge is -2.19. The molecule has 1 aromatic carbocycles. The molecular weight excluding hydrogens is 411 g/mol. The lowest BCUT2D eigenvalue weighted by Crippen LogP contribution is -2.23. The van der Waals surface area contributed by atoms with Crippen LogP contribution < -0.4 is 20.9 Å². The fraction of sp³-hybridized carbons (Fsp3) is 0.333. The maximum Gasteiger partial charge on any atom is 0.295 e. The topological polar surface area (TPSA) is 68.2 Å². The lowest BCUT2D eigenvalue weighted by atomic mass is 10.1. The molecule has 3 heterocycles. The van der Waals surface area contributed by atoms with Gasteiger partial charge in [0.1, 0.15) is 10.2 Å². The Balaban J connectivity index is 1.63. The summed E-state index contributed by atoms with van der Waals surface area (Å²) in [6, 6.07) is 7.94. The highest BCUT2D eigenvalue weighted by Gasteiger charge is 2.34. The highest BCUT2D eigenvalue weighted by Crippen LogP contribution is 2.41. The summed E-state index contributed by atoms with van der Waals surface area (Å²) in [6.07, 6.45) is 4.95. The van der Waals surface area contributed by atoms with Gasteiger partial charge in [0.25, 0.3) is 5.56 Å². The molecule has 2 aromatic heterocycles. The van der Waals surface area contributed by atoms with Crippen LogP contribution in [0.15, 0.2) is 35.3 Å². The first-order valence-corrected chi connectivity index (χ1v) is 10.4. The van der Waals surface area contributed by atoms with Crippen molar-refractivity contribution in [1.29, 1.82) is 0 Å². The molecule has 29 heavy (non-hydrogen) atoms. The van der Waals surface area contributed by atoms with Gasteiger partial charge in [-0.25, -0.2) is 4.98 Å². The maximum atomic E-state index is 12.9. The van der Waals surface area contributed by atoms with Crippen molar-refractivity contribution in [2.45, 2.75) is 25.3 Å². The summed E-state index contributed by atoms with van der Waals surface area (Å²) in [5, 5.41) is 8.45. The lowest BCUT2D eigenvalue weighted by molar-refractivity contribution is 0.303. The van der Waals surface area contributed by atoms with Crippen molar-refractivity contribution in [2.75, 3.05) is 17.2 Å². The normalized spacial score (nSPS) is 18.5. The molecule has 1 aliphatic heterocycles. The predicted octanol–water partition coefficient (Wildman–Crippen LogP) is 4.96. The number of benzene rings is 1. The molecule has 1 saturated carbocycles. The summed E-state index contributed by atoms with van der Waals surface area (Å²) in [6.45, 7) is 0.547. The van der Waals surface area contributed by atoms with Crippen molar-refractivity contribution in [3.8, 4) is 5.75 Å². The number of halogens is 2. The van der Waals surface area contributed by atoms with E-state index < -0.39 is 0 Å². The van der Waals surface area contributed by atoms with Crippen molar-refractivity contribution in [3.05, 3.63) is 51.0 Å². The highest BCUT2D eigenvalue weighted by molar-refractivity contribution is 6.43. The fourth-order valence-electron chi connectivity index (χ4n) is 3.94. The van der Waals surface area contributed by atoms with Crippen LogP contribution in [0.1, 0.15) is 19.3 Å². The third kappa shape index (κ3) is 3.30. The molecule has 0 amide bonds. The first-order chi connectivity index (χ1) is 14.0. The van der Waals surface area contributed by atoms with Gasteiger partial charge in [0.05, 0.1) is 23.5 Å². The Morgan fingerprint density at radius 1 is 1.24 bits per heavy atom. The standard InChI is InChI=1S/C21H20Cl2N4O2/c1-27-16-5-4-12(25-15-6-8-24-20(23)17(15)22)10-13(16)18-19(21(27)28)29-9-7-14(26-18)11-2-3-11/h4-6,8,10-11,14,26H,2-3,7,9H2,1H3,(H,24,25). The van der Waals surface area contributed by atoms with Crippen molar-refractivity contribution >= 4 is 51.2 Å². The Bertz CT molecular complexity index is 1170. The number of ether oxygens (including phenoxy) is 1. The second-order valence-corrected chi connectivity index (χ2v) is 8.35. The summed E-state index contributed by atoms with van der Waals surface area (Å²) >= 11 is 12.3. The Morgan fingerprint density at radius 2 is 2.07 bits per heavy atom. The third-order valence-corrected chi connectivity index (χ3v) is 6.44. The molecule has 2 aliphatic rings. The SMILES string of the molecule is Cn1c(=O)c2c(c3cc(Nc4ccnc(Cl)c4Cl)ccc31)NC(C1CC1)CCO2. The van der Waals surface area contributed by atoms with Crippen molar-refractivity contribution in [1.82, 2.24) is 9.55 Å². The summed E-state index contributed by atoms with van der Waals surface area (Å²) in [5.41, 5.74) is 2.99. The zero-order chi connectivity index (χ0) is 20.1. The molecule has 150 valence electrons. The van der Waals surface area contributed by atoms with E-state index in [1.807, 2.05) is 18.2 Å². The van der Waals surface area contributed by atoms with Gasteiger partial charge in [0, 0.05) is 36.8 Å². The van der Waals surface area contributed by atoms with Crippen LogP contribution in [0, 0.1) is 5.92 Å². The molecule has 1 atom stereocenters. The van der Waals surface area contributed by atoms with Crippen LogP contribution in [0.25, 0.3) is 10.9 Å². The number of aryl methyl sites for hydroxylation is 1. The number of pyridine rings is 2. The molecule has 1 aliphatic carbocycles. The third-order valence-electron chi connectivity index (χ3n) is 5.67. The Morgan fingerprint density at radius 3 is 2.86 bits per heavy atom. The van der Waals surface area contributed by atoms with E-state index in [1.165, 1.54) is 12.8 Å². The smallest absolute Gasteiger partial charge is 0.295 e. The van der Waals surface area contributed by atoms with Crippen molar-refractivity contribution < 1.29 is 4.74 Å². The van der Waals surface area contributed by atoms with Crippen molar-refractivity contribution in [3.63, 3.8) is 0 Å². The molecule has 0 radical (unpaired) electrons. The zero-order valence-corrected chi connectivity index (χ0v) is 17.3. The first kappa shape index (κ1) is 18.6. The van der Waals surface area contributed by atoms with E-state index in [9.17, 15) is 4.79 Å². The van der Waals surface area contributed by atoms with E-state index in [0.717, 1.165) is 28.7 Å². The average Bonchev–Trinajstić information content (AvgIpc) is 3.55. The summed E-state index contributed by atoms with van der Waals surface area (Å²) in [5.74, 6) is 1.05. The molecular formula is C21H20Cl2N4O2. The van der Waals surface area contributed by atoms with Gasteiger partial charge in [-0.15, -0.1) is 0 Å². The Hall–Kier alpha value is -2.44. The number of rotatable bonds is 3. The minimum absolute atomic E-state index is 0.124. The van der Waals surface area contributed by atoms with Crippen LogP contribution in [0.3, 0.4) is 0 Å².